The molecule has 2 aromatic heterocycles. The summed E-state index contributed by atoms with van der Waals surface area (Å²) in [6, 6.07) is 3.36. The van der Waals surface area contributed by atoms with E-state index in [9.17, 15) is 4.39 Å². The summed E-state index contributed by atoms with van der Waals surface area (Å²) in [4.78, 5) is 2.25. The smallest absolute Gasteiger partial charge is 0.232 e. The van der Waals surface area contributed by atoms with E-state index in [4.69, 9.17) is 4.43 Å². The van der Waals surface area contributed by atoms with E-state index in [0.29, 0.717) is 28.9 Å². The molecule has 0 aromatic carbocycles. The van der Waals surface area contributed by atoms with Crippen LogP contribution >= 0.6 is 0 Å². The molecule has 1 unspecified atom stereocenters. The molecule has 7 heteroatoms. The van der Waals surface area contributed by atoms with Crippen LogP contribution in [0.3, 0.4) is 0 Å². The summed E-state index contributed by atoms with van der Waals surface area (Å²) in [7, 11) is -1.90. The SMILES string of the molecule is CC(C)[Si](OCC1CCCN1c1nnc2ccc(F)cn12)(C(C)C)C(C)C. The van der Waals surface area contributed by atoms with Crippen molar-refractivity contribution in [1.82, 2.24) is 14.6 Å². The van der Waals surface area contributed by atoms with Gasteiger partial charge in [0.15, 0.2) is 14.0 Å². The van der Waals surface area contributed by atoms with Gasteiger partial charge < -0.3 is 9.33 Å². The maximum atomic E-state index is 13.7. The van der Waals surface area contributed by atoms with Gasteiger partial charge >= 0.3 is 0 Å². The molecular formula is C20H33FN4OSi. The molecule has 1 atom stereocenters. The highest BCUT2D eigenvalue weighted by molar-refractivity contribution is 6.77. The summed E-state index contributed by atoms with van der Waals surface area (Å²) in [5.74, 6) is 0.447. The minimum absolute atomic E-state index is 0.267. The minimum atomic E-state index is -1.90. The lowest BCUT2D eigenvalue weighted by molar-refractivity contribution is 0.253. The second kappa shape index (κ2) is 7.87. The van der Waals surface area contributed by atoms with Gasteiger partial charge in [-0.25, -0.2) is 4.39 Å². The standard InChI is InChI=1S/C20H33FN4OSi/c1-14(2)27(15(3)4,16(5)6)26-13-18-8-7-11-24(18)20-23-22-19-10-9-17(21)12-25(19)20/h9-10,12,14-16,18H,7-8,11,13H2,1-6H3. The number of fused-ring (bicyclic) bond motifs is 1. The highest BCUT2D eigenvalue weighted by Crippen LogP contribution is 2.42. The highest BCUT2D eigenvalue weighted by Gasteiger charge is 2.46. The van der Waals surface area contributed by atoms with E-state index in [1.165, 1.54) is 12.3 Å². The molecule has 0 radical (unpaired) electrons. The zero-order chi connectivity index (χ0) is 19.8. The van der Waals surface area contributed by atoms with E-state index < -0.39 is 8.32 Å². The Kier molecular flexibility index (Phi) is 5.91. The Hall–Kier alpha value is -1.47. The van der Waals surface area contributed by atoms with Crippen LogP contribution in [0.1, 0.15) is 54.4 Å². The van der Waals surface area contributed by atoms with Crippen LogP contribution in [0.2, 0.25) is 16.6 Å². The highest BCUT2D eigenvalue weighted by atomic mass is 28.4. The molecule has 0 bridgehead atoms. The average Bonchev–Trinajstić information content (AvgIpc) is 3.20. The number of hydrogen-bond acceptors (Lipinski definition) is 4. The number of anilines is 1. The number of hydrogen-bond donors (Lipinski definition) is 0. The first-order chi connectivity index (χ1) is 12.8. The van der Waals surface area contributed by atoms with E-state index in [1.807, 2.05) is 0 Å². The van der Waals surface area contributed by atoms with E-state index in [2.05, 4.69) is 56.6 Å². The first-order valence-electron chi connectivity index (χ1n) is 10.2. The second-order valence-corrected chi connectivity index (χ2v) is 14.2. The molecule has 0 amide bonds. The Labute approximate surface area is 163 Å². The molecular weight excluding hydrogens is 359 g/mol. The minimum Gasteiger partial charge on any atom is -0.414 e. The Morgan fingerprint density at radius 3 is 2.41 bits per heavy atom. The van der Waals surface area contributed by atoms with Crippen LogP contribution in [0.15, 0.2) is 18.3 Å². The first-order valence-corrected chi connectivity index (χ1v) is 12.3. The van der Waals surface area contributed by atoms with Crippen LogP contribution in [0, 0.1) is 5.82 Å². The largest absolute Gasteiger partial charge is 0.414 e. The summed E-state index contributed by atoms with van der Waals surface area (Å²) in [5, 5.41) is 8.55. The third-order valence-electron chi connectivity index (χ3n) is 6.22. The van der Waals surface area contributed by atoms with Gasteiger partial charge in [0.1, 0.15) is 5.82 Å². The molecule has 3 heterocycles. The van der Waals surface area contributed by atoms with Crippen molar-refractivity contribution in [2.45, 2.75) is 77.0 Å². The van der Waals surface area contributed by atoms with E-state index in [1.54, 1.807) is 10.5 Å². The van der Waals surface area contributed by atoms with Gasteiger partial charge in [0.25, 0.3) is 0 Å². The van der Waals surface area contributed by atoms with Crippen LogP contribution in [-0.2, 0) is 4.43 Å². The fourth-order valence-electron chi connectivity index (χ4n) is 5.06. The quantitative estimate of drug-likeness (QED) is 0.620. The van der Waals surface area contributed by atoms with Gasteiger partial charge in [-0.1, -0.05) is 41.5 Å². The van der Waals surface area contributed by atoms with Gasteiger partial charge in [0.2, 0.25) is 5.95 Å². The zero-order valence-electron chi connectivity index (χ0n) is 17.4. The molecule has 0 N–H and O–H groups in total. The summed E-state index contributed by atoms with van der Waals surface area (Å²) in [6.07, 6.45) is 3.64. The van der Waals surface area contributed by atoms with Crippen molar-refractivity contribution in [2.24, 2.45) is 0 Å². The molecule has 1 fully saturated rings. The lowest BCUT2D eigenvalue weighted by Crippen LogP contribution is -2.50. The maximum Gasteiger partial charge on any atom is 0.232 e. The molecule has 1 saturated heterocycles. The van der Waals surface area contributed by atoms with E-state index in [0.717, 1.165) is 25.3 Å². The lowest BCUT2D eigenvalue weighted by atomic mass is 10.2. The topological polar surface area (TPSA) is 42.7 Å². The monoisotopic (exact) mass is 392 g/mol. The third-order valence-corrected chi connectivity index (χ3v) is 12.3. The average molecular weight is 393 g/mol. The van der Waals surface area contributed by atoms with Gasteiger partial charge in [-0.05, 0) is 41.6 Å². The number of rotatable bonds is 7. The van der Waals surface area contributed by atoms with E-state index >= 15 is 0 Å². The zero-order valence-corrected chi connectivity index (χ0v) is 18.4. The summed E-state index contributed by atoms with van der Waals surface area (Å²) >= 11 is 0. The van der Waals surface area contributed by atoms with Crippen molar-refractivity contribution in [1.29, 1.82) is 0 Å². The fraction of sp³-hybridized carbons (Fsp3) is 0.700. The summed E-state index contributed by atoms with van der Waals surface area (Å²) in [5.41, 5.74) is 2.37. The van der Waals surface area contributed by atoms with Gasteiger partial charge in [0, 0.05) is 12.7 Å². The number of pyridine rings is 1. The third kappa shape index (κ3) is 3.63. The molecule has 27 heavy (non-hydrogen) atoms. The summed E-state index contributed by atoms with van der Waals surface area (Å²) < 4.78 is 22.3. The lowest BCUT2D eigenvalue weighted by Gasteiger charge is -2.43. The predicted molar refractivity (Wildman–Crippen MR) is 110 cm³/mol. The molecule has 0 aliphatic carbocycles. The van der Waals surface area contributed by atoms with Crippen LogP contribution in [0.5, 0.6) is 0 Å². The molecule has 2 aromatic rings. The van der Waals surface area contributed by atoms with Crippen LogP contribution < -0.4 is 4.90 Å². The van der Waals surface area contributed by atoms with Crippen molar-refractivity contribution in [3.63, 3.8) is 0 Å². The molecule has 150 valence electrons. The normalized spacial score (nSPS) is 18.6. The molecule has 1 aliphatic rings. The first kappa shape index (κ1) is 20.3. The second-order valence-electron chi connectivity index (χ2n) is 8.69. The van der Waals surface area contributed by atoms with Crippen LogP contribution in [0.25, 0.3) is 5.65 Å². The van der Waals surface area contributed by atoms with E-state index in [-0.39, 0.29) is 11.9 Å². The number of halogens is 1. The van der Waals surface area contributed by atoms with Gasteiger partial charge in [0.05, 0.1) is 12.6 Å². The Balaban J connectivity index is 1.83. The number of aromatic nitrogens is 3. The van der Waals surface area contributed by atoms with Crippen molar-refractivity contribution < 1.29 is 8.82 Å². The Bertz CT molecular complexity index is 755. The van der Waals surface area contributed by atoms with Gasteiger partial charge in [-0.3, -0.25) is 4.40 Å². The molecule has 5 nitrogen and oxygen atoms in total. The van der Waals surface area contributed by atoms with Crippen molar-refractivity contribution >= 4 is 19.9 Å². The molecule has 1 aliphatic heterocycles. The van der Waals surface area contributed by atoms with Crippen molar-refractivity contribution in [2.75, 3.05) is 18.1 Å². The fourth-order valence-corrected chi connectivity index (χ4v) is 10.5. The van der Waals surface area contributed by atoms with Crippen LogP contribution in [-0.4, -0.2) is 42.1 Å². The predicted octanol–water partition coefficient (Wildman–Crippen LogP) is 5.03. The molecule has 0 spiro atoms. The van der Waals surface area contributed by atoms with Gasteiger partial charge in [-0.2, -0.15) is 0 Å². The van der Waals surface area contributed by atoms with Crippen molar-refractivity contribution in [3.05, 3.63) is 24.1 Å². The Morgan fingerprint density at radius 2 is 1.78 bits per heavy atom. The molecule has 3 rings (SSSR count). The molecule has 0 saturated carbocycles. The Morgan fingerprint density at radius 1 is 1.11 bits per heavy atom. The van der Waals surface area contributed by atoms with Gasteiger partial charge in [-0.15, -0.1) is 10.2 Å². The van der Waals surface area contributed by atoms with Crippen LogP contribution in [0.4, 0.5) is 10.3 Å². The summed E-state index contributed by atoms with van der Waals surface area (Å²) in [6.45, 7) is 15.5. The van der Waals surface area contributed by atoms with Crippen molar-refractivity contribution in [3.8, 4) is 0 Å². The number of nitrogens with zero attached hydrogens (tertiary/aromatic N) is 4. The maximum absolute atomic E-state index is 13.7.